The van der Waals surface area contributed by atoms with Crippen molar-refractivity contribution in [1.29, 1.82) is 0 Å². The van der Waals surface area contributed by atoms with E-state index in [9.17, 15) is 8.42 Å². The molecule has 10 heteroatoms. The van der Waals surface area contributed by atoms with Crippen LogP contribution in [0.15, 0.2) is 70.3 Å². The average Bonchev–Trinajstić information content (AvgIpc) is 2.67. The summed E-state index contributed by atoms with van der Waals surface area (Å²) in [4.78, 5) is 4.22. The zero-order chi connectivity index (χ0) is 19.1. The first-order valence-corrected chi connectivity index (χ1v) is 10.3. The van der Waals surface area contributed by atoms with E-state index in [1.807, 2.05) is 12.1 Å². The number of anilines is 3. The Hall–Kier alpha value is -2.56. The smallest absolute Gasteiger partial charge is 0.241 e. The fourth-order valence-corrected chi connectivity index (χ4v) is 4.23. The minimum atomic E-state index is -3.58. The van der Waals surface area contributed by atoms with Gasteiger partial charge in [0.1, 0.15) is 5.82 Å². The lowest BCUT2D eigenvalue weighted by atomic mass is 10.4. The van der Waals surface area contributed by atoms with Gasteiger partial charge in [0.2, 0.25) is 10.0 Å². The summed E-state index contributed by atoms with van der Waals surface area (Å²) in [6.45, 7) is 0.578. The number of pyridine rings is 1. The fourth-order valence-electron chi connectivity index (χ4n) is 2.19. The minimum Gasteiger partial charge on any atom is -0.367 e. The summed E-state index contributed by atoms with van der Waals surface area (Å²) in [7, 11) is -3.58. The van der Waals surface area contributed by atoms with Crippen molar-refractivity contribution in [2.75, 3.05) is 23.7 Å². The maximum Gasteiger partial charge on any atom is 0.241 e. The maximum atomic E-state index is 12.3. The van der Waals surface area contributed by atoms with E-state index in [0.29, 0.717) is 22.7 Å². The van der Waals surface area contributed by atoms with E-state index >= 15 is 0 Å². The third-order valence-electron chi connectivity index (χ3n) is 3.45. The number of hydrogen-bond acceptors (Lipinski definition) is 7. The highest BCUT2D eigenvalue weighted by Gasteiger charge is 2.16. The Labute approximate surface area is 165 Å². The Balaban J connectivity index is 1.49. The highest BCUT2D eigenvalue weighted by molar-refractivity contribution is 9.10. The first-order valence-electron chi connectivity index (χ1n) is 8.03. The van der Waals surface area contributed by atoms with Crippen LogP contribution in [0.5, 0.6) is 0 Å². The molecule has 0 atom stereocenters. The maximum absolute atomic E-state index is 12.3. The van der Waals surface area contributed by atoms with Crippen molar-refractivity contribution < 1.29 is 8.42 Å². The van der Waals surface area contributed by atoms with E-state index in [1.165, 1.54) is 0 Å². The molecule has 3 aromatic rings. The van der Waals surface area contributed by atoms with Crippen LogP contribution in [0.25, 0.3) is 0 Å². The molecule has 0 bridgehead atoms. The molecule has 27 heavy (non-hydrogen) atoms. The molecule has 140 valence electrons. The first kappa shape index (κ1) is 19.2. The molecule has 3 rings (SSSR count). The number of nitrogens with one attached hydrogen (secondary N) is 3. The number of halogens is 1. The highest BCUT2D eigenvalue weighted by Crippen LogP contribution is 2.20. The molecule has 0 radical (unpaired) electrons. The molecule has 0 saturated carbocycles. The fraction of sp³-hybridized carbons (Fsp3) is 0.118. The van der Waals surface area contributed by atoms with Crippen LogP contribution in [0, 0.1) is 0 Å². The van der Waals surface area contributed by atoms with Gasteiger partial charge in [-0.3, -0.25) is 4.98 Å². The monoisotopic (exact) mass is 448 g/mol. The summed E-state index contributed by atoms with van der Waals surface area (Å²) in [5.74, 6) is 1.13. The average molecular weight is 449 g/mol. The molecule has 2 aromatic heterocycles. The van der Waals surface area contributed by atoms with Gasteiger partial charge >= 0.3 is 0 Å². The van der Waals surface area contributed by atoms with Crippen molar-refractivity contribution in [1.82, 2.24) is 19.9 Å². The summed E-state index contributed by atoms with van der Waals surface area (Å²) in [5, 5.41) is 14.2. The van der Waals surface area contributed by atoms with Crippen molar-refractivity contribution >= 4 is 43.3 Å². The van der Waals surface area contributed by atoms with Gasteiger partial charge in [0.15, 0.2) is 5.82 Å². The molecule has 0 aliphatic rings. The zero-order valence-corrected chi connectivity index (χ0v) is 16.5. The van der Waals surface area contributed by atoms with E-state index in [1.54, 1.807) is 48.8 Å². The van der Waals surface area contributed by atoms with E-state index in [0.717, 1.165) is 5.69 Å². The van der Waals surface area contributed by atoms with Crippen molar-refractivity contribution in [3.8, 4) is 0 Å². The molecule has 0 amide bonds. The van der Waals surface area contributed by atoms with Crippen LogP contribution >= 0.6 is 15.9 Å². The van der Waals surface area contributed by atoms with Gasteiger partial charge in [0.25, 0.3) is 0 Å². The molecule has 8 nitrogen and oxygen atoms in total. The summed E-state index contributed by atoms with van der Waals surface area (Å²) in [6.07, 6.45) is 3.37. The quantitative estimate of drug-likeness (QED) is 0.454. The van der Waals surface area contributed by atoms with Crippen LogP contribution in [0.3, 0.4) is 0 Å². The summed E-state index contributed by atoms with van der Waals surface area (Å²) >= 11 is 3.25. The van der Waals surface area contributed by atoms with Crippen molar-refractivity contribution in [2.24, 2.45) is 0 Å². The van der Waals surface area contributed by atoms with Crippen LogP contribution in [0.2, 0.25) is 0 Å². The van der Waals surface area contributed by atoms with Gasteiger partial charge in [-0.15, -0.1) is 10.2 Å². The lowest BCUT2D eigenvalue weighted by Crippen LogP contribution is -2.29. The molecule has 0 aliphatic carbocycles. The highest BCUT2D eigenvalue weighted by atomic mass is 79.9. The number of rotatable bonds is 8. The van der Waals surface area contributed by atoms with E-state index in [2.05, 4.69) is 46.5 Å². The topological polar surface area (TPSA) is 109 Å². The number of nitrogens with zero attached hydrogens (tertiary/aromatic N) is 3. The van der Waals surface area contributed by atoms with Gasteiger partial charge in [-0.2, -0.15) is 0 Å². The van der Waals surface area contributed by atoms with Crippen LogP contribution in [0.4, 0.5) is 17.3 Å². The van der Waals surface area contributed by atoms with Gasteiger partial charge in [0, 0.05) is 23.8 Å². The number of aromatic nitrogens is 3. The van der Waals surface area contributed by atoms with Crippen molar-refractivity contribution in [3.63, 3.8) is 0 Å². The molecular weight excluding hydrogens is 432 g/mol. The SMILES string of the molecule is O=S(=O)(NCCNc1ccc(Nc2cccnc2)nn1)c1ccccc1Br. The molecule has 2 heterocycles. The molecule has 1 aromatic carbocycles. The zero-order valence-electron chi connectivity index (χ0n) is 14.1. The van der Waals surface area contributed by atoms with Gasteiger partial charge in [-0.05, 0) is 52.3 Å². The van der Waals surface area contributed by atoms with Crippen molar-refractivity contribution in [3.05, 3.63) is 65.4 Å². The molecule has 0 aliphatic heterocycles. The molecule has 0 saturated heterocycles. The number of hydrogen-bond donors (Lipinski definition) is 3. The summed E-state index contributed by atoms with van der Waals surface area (Å²) in [5.41, 5.74) is 0.814. The van der Waals surface area contributed by atoms with Crippen LogP contribution in [-0.4, -0.2) is 36.7 Å². The number of benzene rings is 1. The Kier molecular flexibility index (Phi) is 6.32. The Bertz CT molecular complexity index is 984. The van der Waals surface area contributed by atoms with E-state index < -0.39 is 10.0 Å². The van der Waals surface area contributed by atoms with Gasteiger partial charge in [-0.25, -0.2) is 13.1 Å². The molecule has 0 spiro atoms. The second-order valence-electron chi connectivity index (χ2n) is 5.43. The Morgan fingerprint density at radius 1 is 0.926 bits per heavy atom. The molecule has 0 fully saturated rings. The third-order valence-corrected chi connectivity index (χ3v) is 5.92. The molecular formula is C17H17BrN6O2S. The normalized spacial score (nSPS) is 11.1. The number of sulfonamides is 1. The largest absolute Gasteiger partial charge is 0.367 e. The standard InChI is InChI=1S/C17H17BrN6O2S/c18-14-5-1-2-6-15(14)27(25,26)21-11-10-20-16-7-8-17(24-23-16)22-13-4-3-9-19-12-13/h1-9,12,21H,10-11H2,(H,20,23)(H,22,24). The Morgan fingerprint density at radius 3 is 2.41 bits per heavy atom. The van der Waals surface area contributed by atoms with Gasteiger partial charge < -0.3 is 10.6 Å². The van der Waals surface area contributed by atoms with E-state index in [-0.39, 0.29) is 11.4 Å². The second-order valence-corrected chi connectivity index (χ2v) is 8.02. The molecule has 3 N–H and O–H groups in total. The summed E-state index contributed by atoms with van der Waals surface area (Å²) < 4.78 is 27.6. The summed E-state index contributed by atoms with van der Waals surface area (Å²) in [6, 6.07) is 13.9. The molecule has 0 unspecified atom stereocenters. The van der Waals surface area contributed by atoms with Crippen LogP contribution in [-0.2, 0) is 10.0 Å². The lowest BCUT2D eigenvalue weighted by Gasteiger charge is -2.09. The van der Waals surface area contributed by atoms with Gasteiger partial charge in [-0.1, -0.05) is 12.1 Å². The second kappa shape index (κ2) is 8.89. The van der Waals surface area contributed by atoms with Gasteiger partial charge in [0.05, 0.1) is 16.8 Å². The van der Waals surface area contributed by atoms with E-state index in [4.69, 9.17) is 0 Å². The predicted octanol–water partition coefficient (Wildman–Crippen LogP) is 2.77. The van der Waals surface area contributed by atoms with Crippen LogP contribution < -0.4 is 15.4 Å². The first-order chi connectivity index (χ1) is 13.0. The third kappa shape index (κ3) is 5.46. The van der Waals surface area contributed by atoms with Crippen molar-refractivity contribution in [2.45, 2.75) is 4.90 Å². The minimum absolute atomic E-state index is 0.204. The predicted molar refractivity (Wildman–Crippen MR) is 107 cm³/mol. The van der Waals surface area contributed by atoms with Crippen LogP contribution in [0.1, 0.15) is 0 Å². The lowest BCUT2D eigenvalue weighted by molar-refractivity contribution is 0.582. The Morgan fingerprint density at radius 2 is 1.70 bits per heavy atom.